The molecule has 0 amide bonds. The lowest BCUT2D eigenvalue weighted by molar-refractivity contribution is 1.12. The van der Waals surface area contributed by atoms with Crippen LogP contribution in [0.4, 0.5) is 0 Å². The number of hydrogen-bond acceptors (Lipinski definition) is 3. The maximum Gasteiger partial charge on any atom is 0.143 e. The molecule has 0 aliphatic heterocycles. The van der Waals surface area contributed by atoms with Crippen LogP contribution in [-0.4, -0.2) is 9.97 Å². The molecule has 0 radical (unpaired) electrons. The van der Waals surface area contributed by atoms with Crippen molar-refractivity contribution in [1.82, 2.24) is 9.97 Å². The molecule has 3 heteroatoms. The van der Waals surface area contributed by atoms with Crippen LogP contribution < -0.4 is 9.75 Å². The lowest BCUT2D eigenvalue weighted by Gasteiger charge is -1.93. The van der Waals surface area contributed by atoms with Crippen molar-refractivity contribution in [1.29, 1.82) is 0 Å². The zero-order chi connectivity index (χ0) is 9.54. The Labute approximate surface area is 85.6 Å². The number of hydrogen-bond donors (Lipinski definition) is 0. The SMILES string of the molecule is Cc1cnc2sc3c(c2n1)=CCCC=3. The van der Waals surface area contributed by atoms with E-state index in [-0.39, 0.29) is 0 Å². The second-order valence-corrected chi connectivity index (χ2v) is 4.56. The van der Waals surface area contributed by atoms with E-state index in [0.717, 1.165) is 28.9 Å². The number of thiophene rings is 1. The van der Waals surface area contributed by atoms with Crippen molar-refractivity contribution in [2.24, 2.45) is 0 Å². The first kappa shape index (κ1) is 8.12. The van der Waals surface area contributed by atoms with E-state index in [1.165, 1.54) is 9.75 Å². The summed E-state index contributed by atoms with van der Waals surface area (Å²) >= 11 is 1.75. The maximum atomic E-state index is 4.55. The topological polar surface area (TPSA) is 25.8 Å². The highest BCUT2D eigenvalue weighted by molar-refractivity contribution is 7.16. The average Bonchev–Trinajstić information content (AvgIpc) is 2.56. The van der Waals surface area contributed by atoms with E-state index in [0.29, 0.717) is 0 Å². The molecule has 0 fully saturated rings. The van der Waals surface area contributed by atoms with E-state index >= 15 is 0 Å². The minimum Gasteiger partial charge on any atom is -0.248 e. The molecule has 2 heterocycles. The van der Waals surface area contributed by atoms with Gasteiger partial charge in [-0.2, -0.15) is 0 Å². The molecule has 2 aromatic rings. The minimum atomic E-state index is 0.997. The predicted octanol–water partition coefficient (Wildman–Crippen LogP) is 1.35. The van der Waals surface area contributed by atoms with Crippen molar-refractivity contribution in [3.05, 3.63) is 21.6 Å². The van der Waals surface area contributed by atoms with Gasteiger partial charge in [0, 0.05) is 15.9 Å². The summed E-state index contributed by atoms with van der Waals surface area (Å²) in [6, 6.07) is 0. The Kier molecular flexibility index (Phi) is 1.67. The summed E-state index contributed by atoms with van der Waals surface area (Å²) in [7, 11) is 0. The van der Waals surface area contributed by atoms with Crippen LogP contribution in [0.15, 0.2) is 6.20 Å². The highest BCUT2D eigenvalue weighted by atomic mass is 32.1. The third kappa shape index (κ3) is 1.09. The largest absolute Gasteiger partial charge is 0.248 e. The van der Waals surface area contributed by atoms with Gasteiger partial charge in [0.2, 0.25) is 0 Å². The highest BCUT2D eigenvalue weighted by Crippen LogP contribution is 2.10. The molecular formula is C11H10N2S. The summed E-state index contributed by atoms with van der Waals surface area (Å²) in [6.07, 6.45) is 8.69. The van der Waals surface area contributed by atoms with Gasteiger partial charge in [-0.25, -0.2) is 9.97 Å². The Morgan fingerprint density at radius 2 is 2.14 bits per heavy atom. The van der Waals surface area contributed by atoms with Gasteiger partial charge < -0.3 is 0 Å². The predicted molar refractivity (Wildman–Crippen MR) is 59.6 cm³/mol. The summed E-state index contributed by atoms with van der Waals surface area (Å²) in [5, 5.41) is 1.30. The maximum absolute atomic E-state index is 4.55. The van der Waals surface area contributed by atoms with Crippen molar-refractivity contribution >= 4 is 33.8 Å². The molecule has 0 bridgehead atoms. The van der Waals surface area contributed by atoms with Crippen LogP contribution >= 0.6 is 11.3 Å². The Morgan fingerprint density at radius 3 is 3.07 bits per heavy atom. The fourth-order valence-electron chi connectivity index (χ4n) is 1.78. The van der Waals surface area contributed by atoms with Gasteiger partial charge in [-0.1, -0.05) is 12.2 Å². The van der Waals surface area contributed by atoms with E-state index in [2.05, 4.69) is 22.1 Å². The molecule has 70 valence electrons. The third-order valence-electron chi connectivity index (χ3n) is 2.43. The lowest BCUT2D eigenvalue weighted by Crippen LogP contribution is -2.21. The minimum absolute atomic E-state index is 0.997. The highest BCUT2D eigenvalue weighted by Gasteiger charge is 2.05. The molecule has 0 atom stereocenters. The van der Waals surface area contributed by atoms with Gasteiger partial charge in [-0.3, -0.25) is 0 Å². The van der Waals surface area contributed by atoms with Crippen LogP contribution in [0.5, 0.6) is 0 Å². The molecular weight excluding hydrogens is 192 g/mol. The first-order chi connectivity index (χ1) is 6.84. The zero-order valence-corrected chi connectivity index (χ0v) is 8.77. The molecule has 2 nitrogen and oxygen atoms in total. The molecule has 1 aliphatic carbocycles. The second-order valence-electron chi connectivity index (χ2n) is 3.53. The molecule has 2 aromatic heterocycles. The first-order valence-corrected chi connectivity index (χ1v) is 5.59. The first-order valence-electron chi connectivity index (χ1n) is 4.77. The van der Waals surface area contributed by atoms with Gasteiger partial charge in [0.25, 0.3) is 0 Å². The fraction of sp³-hybridized carbons (Fsp3) is 0.273. The van der Waals surface area contributed by atoms with Crippen molar-refractivity contribution in [3.8, 4) is 0 Å². The van der Waals surface area contributed by atoms with E-state index in [1.807, 2.05) is 13.1 Å². The molecule has 0 spiro atoms. The third-order valence-corrected chi connectivity index (χ3v) is 3.53. The van der Waals surface area contributed by atoms with Gasteiger partial charge >= 0.3 is 0 Å². The summed E-state index contributed by atoms with van der Waals surface area (Å²) in [5.41, 5.74) is 2.08. The Balaban J connectivity index is 2.57. The summed E-state index contributed by atoms with van der Waals surface area (Å²) in [4.78, 5) is 10.0. The summed E-state index contributed by atoms with van der Waals surface area (Å²) in [5.74, 6) is 0. The second kappa shape index (κ2) is 2.89. The van der Waals surface area contributed by atoms with Crippen LogP contribution in [-0.2, 0) is 0 Å². The fourth-order valence-corrected chi connectivity index (χ4v) is 2.84. The van der Waals surface area contributed by atoms with Crippen molar-refractivity contribution < 1.29 is 0 Å². The Hall–Kier alpha value is -1.22. The lowest BCUT2D eigenvalue weighted by atomic mass is 10.2. The molecule has 0 unspecified atom stereocenters. The van der Waals surface area contributed by atoms with Crippen molar-refractivity contribution in [3.63, 3.8) is 0 Å². The van der Waals surface area contributed by atoms with Crippen LogP contribution in [0.3, 0.4) is 0 Å². The molecule has 0 N–H and O–H groups in total. The van der Waals surface area contributed by atoms with E-state index in [9.17, 15) is 0 Å². The van der Waals surface area contributed by atoms with Gasteiger partial charge in [0.15, 0.2) is 0 Å². The molecule has 0 aromatic carbocycles. The van der Waals surface area contributed by atoms with Crippen LogP contribution in [0.25, 0.3) is 22.5 Å². The number of nitrogens with zero attached hydrogens (tertiary/aromatic N) is 2. The molecule has 3 rings (SSSR count). The van der Waals surface area contributed by atoms with E-state index in [4.69, 9.17) is 0 Å². The molecule has 0 saturated heterocycles. The molecule has 0 saturated carbocycles. The zero-order valence-electron chi connectivity index (χ0n) is 7.95. The van der Waals surface area contributed by atoms with E-state index in [1.54, 1.807) is 11.3 Å². The van der Waals surface area contributed by atoms with Gasteiger partial charge in [0.05, 0.1) is 5.69 Å². The monoisotopic (exact) mass is 202 g/mol. The average molecular weight is 202 g/mol. The summed E-state index contributed by atoms with van der Waals surface area (Å²) in [6.45, 7) is 1.99. The summed E-state index contributed by atoms with van der Waals surface area (Å²) < 4.78 is 1.34. The Bertz CT molecular complexity index is 610. The van der Waals surface area contributed by atoms with Gasteiger partial charge in [0.1, 0.15) is 10.3 Å². The number of fused-ring (bicyclic) bond motifs is 3. The van der Waals surface area contributed by atoms with Crippen LogP contribution in [0.1, 0.15) is 18.5 Å². The van der Waals surface area contributed by atoms with Crippen LogP contribution in [0.2, 0.25) is 0 Å². The van der Waals surface area contributed by atoms with Gasteiger partial charge in [-0.05, 0) is 19.8 Å². The quantitative estimate of drug-likeness (QED) is 0.644. The number of aryl methyl sites for hydroxylation is 1. The van der Waals surface area contributed by atoms with Crippen LogP contribution in [0, 0.1) is 6.92 Å². The number of rotatable bonds is 0. The van der Waals surface area contributed by atoms with E-state index < -0.39 is 0 Å². The Morgan fingerprint density at radius 1 is 1.29 bits per heavy atom. The normalized spacial score (nSPS) is 14.6. The van der Waals surface area contributed by atoms with Gasteiger partial charge in [-0.15, -0.1) is 11.3 Å². The van der Waals surface area contributed by atoms with Crippen molar-refractivity contribution in [2.75, 3.05) is 0 Å². The smallest absolute Gasteiger partial charge is 0.143 e. The number of aromatic nitrogens is 2. The molecule has 1 aliphatic rings. The molecule has 14 heavy (non-hydrogen) atoms. The standard InChI is InChI=1S/C11H10N2S/c1-7-6-12-11-10(13-7)8-4-2-3-5-9(8)14-11/h4-6H,2-3H2,1H3. The van der Waals surface area contributed by atoms with Crippen molar-refractivity contribution in [2.45, 2.75) is 19.8 Å².